The lowest BCUT2D eigenvalue weighted by atomic mass is 10.00. The molecule has 104 valence electrons. The Morgan fingerprint density at radius 1 is 1.35 bits per heavy atom. The highest BCUT2D eigenvalue weighted by Crippen LogP contribution is 2.19. The zero-order chi connectivity index (χ0) is 13.8. The topological polar surface area (TPSA) is 59.2 Å². The van der Waals surface area contributed by atoms with Crippen LogP contribution in [0, 0.1) is 5.92 Å². The van der Waals surface area contributed by atoms with Gasteiger partial charge in [-0.2, -0.15) is 4.98 Å². The SMILES string of the molecule is O=CC1CCCN(Cc2noc(-c3ccccc3)n2)C1. The molecular weight excluding hydrogens is 254 g/mol. The number of likely N-dealkylation sites (tertiary alicyclic amines) is 1. The molecule has 1 aliphatic heterocycles. The van der Waals surface area contributed by atoms with Crippen molar-refractivity contribution in [1.29, 1.82) is 0 Å². The van der Waals surface area contributed by atoms with Gasteiger partial charge in [0.2, 0.25) is 0 Å². The summed E-state index contributed by atoms with van der Waals surface area (Å²) in [6.07, 6.45) is 3.09. The largest absolute Gasteiger partial charge is 0.334 e. The van der Waals surface area contributed by atoms with E-state index >= 15 is 0 Å². The molecule has 3 rings (SSSR count). The van der Waals surface area contributed by atoms with E-state index in [-0.39, 0.29) is 5.92 Å². The highest BCUT2D eigenvalue weighted by atomic mass is 16.5. The number of aldehydes is 1. The van der Waals surface area contributed by atoms with Gasteiger partial charge < -0.3 is 9.32 Å². The molecule has 1 aromatic heterocycles. The molecule has 2 heterocycles. The molecule has 20 heavy (non-hydrogen) atoms. The van der Waals surface area contributed by atoms with Gasteiger partial charge in [0.05, 0.1) is 6.54 Å². The van der Waals surface area contributed by atoms with Crippen LogP contribution < -0.4 is 0 Å². The summed E-state index contributed by atoms with van der Waals surface area (Å²) in [7, 11) is 0. The molecule has 1 aromatic carbocycles. The van der Waals surface area contributed by atoms with E-state index in [4.69, 9.17) is 4.52 Å². The molecule has 5 heteroatoms. The average molecular weight is 271 g/mol. The minimum Gasteiger partial charge on any atom is -0.334 e. The van der Waals surface area contributed by atoms with Crippen LogP contribution in [0.1, 0.15) is 18.7 Å². The maximum absolute atomic E-state index is 10.9. The van der Waals surface area contributed by atoms with E-state index in [1.165, 1.54) is 0 Å². The van der Waals surface area contributed by atoms with Crippen molar-refractivity contribution in [1.82, 2.24) is 15.0 Å². The normalized spacial score (nSPS) is 19.9. The number of hydrogen-bond acceptors (Lipinski definition) is 5. The Morgan fingerprint density at radius 2 is 2.20 bits per heavy atom. The zero-order valence-corrected chi connectivity index (χ0v) is 11.2. The number of aromatic nitrogens is 2. The molecule has 1 aliphatic rings. The van der Waals surface area contributed by atoms with E-state index in [2.05, 4.69) is 15.0 Å². The Labute approximate surface area is 117 Å². The highest BCUT2D eigenvalue weighted by Gasteiger charge is 2.21. The molecule has 0 bridgehead atoms. The summed E-state index contributed by atoms with van der Waals surface area (Å²) >= 11 is 0. The Bertz CT molecular complexity index is 568. The van der Waals surface area contributed by atoms with Crippen LogP contribution in [0.5, 0.6) is 0 Å². The standard InChI is InChI=1S/C15H17N3O2/c19-11-12-5-4-8-18(9-12)10-14-16-15(20-17-14)13-6-2-1-3-7-13/h1-3,6-7,11-12H,4-5,8-10H2. The van der Waals surface area contributed by atoms with Gasteiger partial charge in [0.1, 0.15) is 6.29 Å². The van der Waals surface area contributed by atoms with Gasteiger partial charge in [-0.15, -0.1) is 0 Å². The smallest absolute Gasteiger partial charge is 0.257 e. The monoisotopic (exact) mass is 271 g/mol. The van der Waals surface area contributed by atoms with Gasteiger partial charge in [0.25, 0.3) is 5.89 Å². The van der Waals surface area contributed by atoms with Crippen LogP contribution in [0.2, 0.25) is 0 Å². The second kappa shape index (κ2) is 5.96. The Balaban J connectivity index is 1.67. The van der Waals surface area contributed by atoms with Crippen LogP contribution in [-0.2, 0) is 11.3 Å². The van der Waals surface area contributed by atoms with Crippen molar-refractivity contribution in [2.24, 2.45) is 5.92 Å². The predicted octanol–water partition coefficient (Wildman–Crippen LogP) is 2.15. The van der Waals surface area contributed by atoms with E-state index in [0.717, 1.165) is 37.8 Å². The first kappa shape index (κ1) is 13.0. The summed E-state index contributed by atoms with van der Waals surface area (Å²) in [6.45, 7) is 2.42. The van der Waals surface area contributed by atoms with Gasteiger partial charge >= 0.3 is 0 Å². The highest BCUT2D eigenvalue weighted by molar-refractivity contribution is 5.54. The van der Waals surface area contributed by atoms with Crippen molar-refractivity contribution in [2.75, 3.05) is 13.1 Å². The Morgan fingerprint density at radius 3 is 3.00 bits per heavy atom. The van der Waals surface area contributed by atoms with E-state index < -0.39 is 0 Å². The molecule has 0 saturated carbocycles. The molecule has 0 N–H and O–H groups in total. The first-order valence-corrected chi connectivity index (χ1v) is 6.91. The molecule has 1 fully saturated rings. The van der Waals surface area contributed by atoms with Crippen molar-refractivity contribution >= 4 is 6.29 Å². The number of hydrogen-bond donors (Lipinski definition) is 0. The molecule has 5 nitrogen and oxygen atoms in total. The second-order valence-electron chi connectivity index (χ2n) is 5.16. The molecule has 0 spiro atoms. The number of nitrogens with zero attached hydrogens (tertiary/aromatic N) is 3. The van der Waals surface area contributed by atoms with Crippen molar-refractivity contribution in [3.63, 3.8) is 0 Å². The van der Waals surface area contributed by atoms with Gasteiger partial charge in [-0.25, -0.2) is 0 Å². The van der Waals surface area contributed by atoms with Crippen LogP contribution in [0.15, 0.2) is 34.9 Å². The van der Waals surface area contributed by atoms with Crippen molar-refractivity contribution < 1.29 is 9.32 Å². The third-order valence-corrected chi connectivity index (χ3v) is 3.59. The van der Waals surface area contributed by atoms with Crippen LogP contribution in [0.4, 0.5) is 0 Å². The van der Waals surface area contributed by atoms with Crippen molar-refractivity contribution in [3.05, 3.63) is 36.2 Å². The molecule has 1 saturated heterocycles. The fourth-order valence-electron chi connectivity index (χ4n) is 2.56. The van der Waals surface area contributed by atoms with Crippen LogP contribution in [-0.4, -0.2) is 34.4 Å². The fourth-order valence-corrected chi connectivity index (χ4v) is 2.56. The third-order valence-electron chi connectivity index (χ3n) is 3.59. The van der Waals surface area contributed by atoms with Gasteiger partial charge in [-0.05, 0) is 31.5 Å². The number of carbonyl (C=O) groups is 1. The molecule has 2 aromatic rings. The quantitative estimate of drug-likeness (QED) is 0.797. The lowest BCUT2D eigenvalue weighted by Crippen LogP contribution is -2.35. The van der Waals surface area contributed by atoms with Crippen LogP contribution in [0.25, 0.3) is 11.5 Å². The summed E-state index contributed by atoms with van der Waals surface area (Å²) < 4.78 is 5.29. The number of benzene rings is 1. The molecule has 1 unspecified atom stereocenters. The fraction of sp³-hybridized carbons (Fsp3) is 0.400. The minimum absolute atomic E-state index is 0.143. The summed E-state index contributed by atoms with van der Waals surface area (Å²) in [6, 6.07) is 9.73. The lowest BCUT2D eigenvalue weighted by molar-refractivity contribution is -0.112. The molecule has 0 amide bonds. The van der Waals surface area contributed by atoms with Crippen molar-refractivity contribution in [2.45, 2.75) is 19.4 Å². The summed E-state index contributed by atoms with van der Waals surface area (Å²) in [5, 5.41) is 4.02. The van der Waals surface area contributed by atoms with Gasteiger partial charge in [0, 0.05) is 18.0 Å². The second-order valence-corrected chi connectivity index (χ2v) is 5.16. The molecular formula is C15H17N3O2. The van der Waals surface area contributed by atoms with Crippen LogP contribution in [0.3, 0.4) is 0 Å². The predicted molar refractivity (Wildman–Crippen MR) is 73.8 cm³/mol. The molecule has 0 radical (unpaired) electrons. The first-order chi connectivity index (χ1) is 9.85. The molecule has 0 aliphatic carbocycles. The van der Waals surface area contributed by atoms with Crippen molar-refractivity contribution in [3.8, 4) is 11.5 Å². The average Bonchev–Trinajstić information content (AvgIpc) is 2.97. The van der Waals surface area contributed by atoms with Crippen LogP contribution >= 0.6 is 0 Å². The van der Waals surface area contributed by atoms with E-state index in [9.17, 15) is 4.79 Å². The minimum atomic E-state index is 0.143. The van der Waals surface area contributed by atoms with Gasteiger partial charge in [-0.3, -0.25) is 4.90 Å². The third kappa shape index (κ3) is 2.93. The van der Waals surface area contributed by atoms with E-state index in [0.29, 0.717) is 18.3 Å². The molecule has 1 atom stereocenters. The summed E-state index contributed by atoms with van der Waals surface area (Å²) in [5.41, 5.74) is 0.927. The van der Waals surface area contributed by atoms with Gasteiger partial charge in [-0.1, -0.05) is 23.4 Å². The Hall–Kier alpha value is -2.01. The number of rotatable bonds is 4. The summed E-state index contributed by atoms with van der Waals surface area (Å²) in [4.78, 5) is 17.5. The first-order valence-electron chi connectivity index (χ1n) is 6.91. The van der Waals surface area contributed by atoms with E-state index in [1.54, 1.807) is 0 Å². The maximum Gasteiger partial charge on any atom is 0.257 e. The number of carbonyl (C=O) groups excluding carboxylic acids is 1. The summed E-state index contributed by atoms with van der Waals surface area (Å²) in [5.74, 6) is 1.36. The lowest BCUT2D eigenvalue weighted by Gasteiger charge is -2.28. The number of piperidine rings is 1. The maximum atomic E-state index is 10.9. The zero-order valence-electron chi connectivity index (χ0n) is 11.2. The van der Waals surface area contributed by atoms with E-state index in [1.807, 2.05) is 30.3 Å². The van der Waals surface area contributed by atoms with Gasteiger partial charge in [0.15, 0.2) is 5.82 Å². The Kier molecular flexibility index (Phi) is 3.87.